The average molecular weight is 473 g/mol. The monoisotopic (exact) mass is 472 g/mol. The van der Waals surface area contributed by atoms with Gasteiger partial charge in [-0.05, 0) is 37.5 Å². The number of likely N-dealkylation sites (N-methyl/N-ethyl adjacent to an activating group) is 1. The highest BCUT2D eigenvalue weighted by Gasteiger charge is 2.29. The number of nitrogens with zero attached hydrogens (tertiary/aromatic N) is 3. The molecule has 2 aromatic rings. The van der Waals surface area contributed by atoms with Crippen molar-refractivity contribution in [2.45, 2.75) is 52.3 Å². The van der Waals surface area contributed by atoms with E-state index in [9.17, 15) is 9.59 Å². The maximum absolute atomic E-state index is 13.4. The Morgan fingerprint density at radius 3 is 2.76 bits per heavy atom. The summed E-state index contributed by atoms with van der Waals surface area (Å²) in [5.74, 6) is 0.376. The fourth-order valence-corrected chi connectivity index (χ4v) is 4.12. The molecule has 3 rings (SSSR count). The summed E-state index contributed by atoms with van der Waals surface area (Å²) in [6.45, 7) is 8.33. The number of nitrogens with one attached hydrogen (secondary N) is 1. The number of aromatic nitrogens is 1. The van der Waals surface area contributed by atoms with Gasteiger partial charge in [0.2, 0.25) is 5.91 Å². The Balaban J connectivity index is 1.91. The molecule has 1 aromatic heterocycles. The van der Waals surface area contributed by atoms with E-state index in [0.717, 1.165) is 18.7 Å². The van der Waals surface area contributed by atoms with Gasteiger partial charge in [0.05, 0.1) is 17.4 Å². The van der Waals surface area contributed by atoms with Gasteiger partial charge in [-0.1, -0.05) is 13.8 Å². The molecular weight excluding hydrogens is 436 g/mol. The van der Waals surface area contributed by atoms with Crippen LogP contribution in [-0.2, 0) is 16.1 Å². The molecule has 186 valence electrons. The van der Waals surface area contributed by atoms with Crippen molar-refractivity contribution in [1.29, 1.82) is 0 Å². The van der Waals surface area contributed by atoms with Crippen molar-refractivity contribution in [2.24, 2.45) is 5.92 Å². The minimum Gasteiger partial charge on any atom is -0.491 e. The lowest BCUT2D eigenvalue weighted by atomic mass is 10.0. The first-order chi connectivity index (χ1) is 16.3. The number of benzene rings is 1. The molecule has 0 unspecified atom stereocenters. The van der Waals surface area contributed by atoms with E-state index in [2.05, 4.69) is 29.0 Å². The summed E-state index contributed by atoms with van der Waals surface area (Å²) in [4.78, 5) is 33.7. The molecule has 0 aliphatic carbocycles. The SMILES string of the molecule is CCCC(=O)Nc1ccc2c(c1)C(=O)N(C)C[C@@H](OC)[C@H](C)CN(Cc1cocn1)[C@H](C)CO2. The highest BCUT2D eigenvalue weighted by molar-refractivity contribution is 5.99. The maximum atomic E-state index is 13.4. The number of carbonyl (C=O) groups excluding carboxylic acids is 2. The number of oxazole rings is 1. The highest BCUT2D eigenvalue weighted by atomic mass is 16.5. The van der Waals surface area contributed by atoms with E-state index < -0.39 is 0 Å². The Hall–Kier alpha value is -2.91. The van der Waals surface area contributed by atoms with Crippen molar-refractivity contribution in [3.05, 3.63) is 42.1 Å². The lowest BCUT2D eigenvalue weighted by molar-refractivity contribution is -0.116. The summed E-state index contributed by atoms with van der Waals surface area (Å²) in [6, 6.07) is 5.25. The number of ether oxygens (including phenoxy) is 2. The molecule has 0 spiro atoms. The van der Waals surface area contributed by atoms with Crippen LogP contribution in [0, 0.1) is 5.92 Å². The first-order valence-electron chi connectivity index (χ1n) is 11.8. The number of rotatable bonds is 6. The zero-order chi connectivity index (χ0) is 24.7. The molecule has 0 bridgehead atoms. The van der Waals surface area contributed by atoms with Gasteiger partial charge in [-0.15, -0.1) is 0 Å². The number of carbonyl (C=O) groups is 2. The van der Waals surface area contributed by atoms with Crippen molar-refractivity contribution in [1.82, 2.24) is 14.8 Å². The van der Waals surface area contributed by atoms with Crippen LogP contribution in [0.15, 0.2) is 35.3 Å². The third kappa shape index (κ3) is 6.57. The van der Waals surface area contributed by atoms with Crippen LogP contribution in [-0.4, -0.2) is 72.6 Å². The zero-order valence-electron chi connectivity index (χ0n) is 20.7. The second-order valence-electron chi connectivity index (χ2n) is 9.02. The normalized spacial score (nSPS) is 22.3. The average Bonchev–Trinajstić information content (AvgIpc) is 3.33. The second-order valence-corrected chi connectivity index (χ2v) is 9.02. The quantitative estimate of drug-likeness (QED) is 0.688. The van der Waals surface area contributed by atoms with Crippen molar-refractivity contribution in [3.8, 4) is 5.75 Å². The van der Waals surface area contributed by atoms with Crippen LogP contribution in [0.5, 0.6) is 5.75 Å². The highest BCUT2D eigenvalue weighted by Crippen LogP contribution is 2.27. The van der Waals surface area contributed by atoms with Gasteiger partial charge in [-0.25, -0.2) is 4.98 Å². The van der Waals surface area contributed by atoms with Crippen LogP contribution in [0.3, 0.4) is 0 Å². The predicted octanol–water partition coefficient (Wildman–Crippen LogP) is 3.42. The lowest BCUT2D eigenvalue weighted by Gasteiger charge is -2.35. The topological polar surface area (TPSA) is 97.1 Å². The molecule has 1 N–H and O–H groups in total. The van der Waals surface area contributed by atoms with Crippen molar-refractivity contribution < 1.29 is 23.5 Å². The van der Waals surface area contributed by atoms with Gasteiger partial charge < -0.3 is 24.1 Å². The van der Waals surface area contributed by atoms with Crippen LogP contribution >= 0.6 is 0 Å². The van der Waals surface area contributed by atoms with E-state index in [-0.39, 0.29) is 29.9 Å². The lowest BCUT2D eigenvalue weighted by Crippen LogP contribution is -2.46. The van der Waals surface area contributed by atoms with Crippen LogP contribution in [0.4, 0.5) is 5.69 Å². The molecule has 1 aromatic carbocycles. The first kappa shape index (κ1) is 25.7. The Kier molecular flexibility index (Phi) is 9.06. The first-order valence-corrected chi connectivity index (χ1v) is 11.8. The molecule has 9 nitrogen and oxygen atoms in total. The molecular formula is C25H36N4O5. The number of amides is 2. The zero-order valence-corrected chi connectivity index (χ0v) is 20.7. The standard InChI is InChI=1S/C25H36N4O5/c1-6-7-24(30)27-19-8-9-22-21(10-19)25(31)28(4)13-23(32-5)17(2)11-29(18(3)14-34-22)12-20-15-33-16-26-20/h8-10,15-18,23H,6-7,11-14H2,1-5H3,(H,27,30)/t17-,18-,23-/m1/s1. The van der Waals surface area contributed by atoms with Gasteiger partial charge in [0.25, 0.3) is 5.91 Å². The van der Waals surface area contributed by atoms with Crippen LogP contribution in [0.2, 0.25) is 0 Å². The van der Waals surface area contributed by atoms with E-state index >= 15 is 0 Å². The smallest absolute Gasteiger partial charge is 0.257 e. The summed E-state index contributed by atoms with van der Waals surface area (Å²) in [5, 5.41) is 2.87. The Morgan fingerprint density at radius 2 is 2.09 bits per heavy atom. The molecule has 1 aliphatic rings. The molecule has 0 fully saturated rings. The number of hydrogen-bond acceptors (Lipinski definition) is 7. The number of methoxy groups -OCH3 is 1. The summed E-state index contributed by atoms with van der Waals surface area (Å²) in [5.41, 5.74) is 1.84. The van der Waals surface area contributed by atoms with Crippen molar-refractivity contribution in [3.63, 3.8) is 0 Å². The molecule has 0 radical (unpaired) electrons. The number of fused-ring (bicyclic) bond motifs is 1. The third-order valence-electron chi connectivity index (χ3n) is 6.18. The fourth-order valence-electron chi connectivity index (χ4n) is 4.12. The van der Waals surface area contributed by atoms with Crippen molar-refractivity contribution in [2.75, 3.05) is 39.2 Å². The van der Waals surface area contributed by atoms with Crippen LogP contribution < -0.4 is 10.1 Å². The summed E-state index contributed by atoms with van der Waals surface area (Å²) in [6.07, 6.45) is 4.10. The number of hydrogen-bond donors (Lipinski definition) is 1. The van der Waals surface area contributed by atoms with E-state index in [1.165, 1.54) is 6.39 Å². The van der Waals surface area contributed by atoms with Crippen molar-refractivity contribution >= 4 is 17.5 Å². The minimum absolute atomic E-state index is 0.0423. The van der Waals surface area contributed by atoms with E-state index in [4.69, 9.17) is 13.9 Å². The molecule has 3 atom stereocenters. The minimum atomic E-state index is -0.177. The molecule has 0 saturated carbocycles. The predicted molar refractivity (Wildman–Crippen MR) is 129 cm³/mol. The maximum Gasteiger partial charge on any atom is 0.257 e. The van der Waals surface area contributed by atoms with Gasteiger partial charge >= 0.3 is 0 Å². The number of anilines is 1. The summed E-state index contributed by atoms with van der Waals surface area (Å²) < 4.78 is 17.1. The van der Waals surface area contributed by atoms with Gasteiger partial charge in [-0.3, -0.25) is 14.5 Å². The Morgan fingerprint density at radius 1 is 1.29 bits per heavy atom. The third-order valence-corrected chi connectivity index (χ3v) is 6.18. The summed E-state index contributed by atoms with van der Waals surface area (Å²) >= 11 is 0. The Labute approximate surface area is 201 Å². The van der Waals surface area contributed by atoms with E-state index in [0.29, 0.717) is 43.1 Å². The molecule has 34 heavy (non-hydrogen) atoms. The van der Waals surface area contributed by atoms with Gasteiger partial charge in [-0.2, -0.15) is 0 Å². The molecule has 2 heterocycles. The van der Waals surface area contributed by atoms with Gasteiger partial charge in [0, 0.05) is 51.9 Å². The van der Waals surface area contributed by atoms with Crippen LogP contribution in [0.25, 0.3) is 0 Å². The van der Waals surface area contributed by atoms with Gasteiger partial charge in [0.1, 0.15) is 18.6 Å². The molecule has 1 aliphatic heterocycles. The van der Waals surface area contributed by atoms with Crippen LogP contribution in [0.1, 0.15) is 49.7 Å². The Bertz CT molecular complexity index is 949. The van der Waals surface area contributed by atoms with Gasteiger partial charge in [0.15, 0.2) is 6.39 Å². The largest absolute Gasteiger partial charge is 0.491 e. The molecule has 2 amide bonds. The van der Waals surface area contributed by atoms with E-state index in [1.807, 2.05) is 6.92 Å². The molecule has 9 heteroatoms. The van der Waals surface area contributed by atoms with E-state index in [1.54, 1.807) is 43.5 Å². The fraction of sp³-hybridized carbons (Fsp3) is 0.560. The second kappa shape index (κ2) is 12.0. The summed E-state index contributed by atoms with van der Waals surface area (Å²) in [7, 11) is 3.43. The molecule has 0 saturated heterocycles.